The summed E-state index contributed by atoms with van der Waals surface area (Å²) in [6.07, 6.45) is 2.78. The maximum atomic E-state index is 10.4. The summed E-state index contributed by atoms with van der Waals surface area (Å²) in [6.45, 7) is 4.12. The molecule has 18 heavy (non-hydrogen) atoms. The van der Waals surface area contributed by atoms with Crippen molar-refractivity contribution in [3.8, 4) is 5.75 Å². The Morgan fingerprint density at radius 3 is 2.44 bits per heavy atom. The number of rotatable bonds is 4. The summed E-state index contributed by atoms with van der Waals surface area (Å²) in [7, 11) is 1.62. The number of methoxy groups -OCH3 is 1. The van der Waals surface area contributed by atoms with Gasteiger partial charge in [0, 0.05) is 6.04 Å². The standard InChI is InChI=1S/C14H18N2O2/c1-10(2)16-9-15-8-13(16)14(17)11-4-6-12(18-3)7-5-11/h4-10,14,17H,1-3H3. The third-order valence-electron chi connectivity index (χ3n) is 2.96. The first-order valence-electron chi connectivity index (χ1n) is 5.97. The zero-order valence-electron chi connectivity index (χ0n) is 10.9. The molecule has 1 aromatic carbocycles. The molecule has 1 heterocycles. The van der Waals surface area contributed by atoms with Crippen molar-refractivity contribution >= 4 is 0 Å². The Morgan fingerprint density at radius 1 is 1.22 bits per heavy atom. The van der Waals surface area contributed by atoms with Crippen molar-refractivity contribution in [1.29, 1.82) is 0 Å². The van der Waals surface area contributed by atoms with Crippen LogP contribution in [0.15, 0.2) is 36.8 Å². The molecule has 0 saturated heterocycles. The van der Waals surface area contributed by atoms with Crippen molar-refractivity contribution in [1.82, 2.24) is 9.55 Å². The number of ether oxygens (including phenoxy) is 1. The van der Waals surface area contributed by atoms with Crippen molar-refractivity contribution in [2.24, 2.45) is 0 Å². The van der Waals surface area contributed by atoms with E-state index in [1.165, 1.54) is 0 Å². The van der Waals surface area contributed by atoms with E-state index in [2.05, 4.69) is 18.8 Å². The smallest absolute Gasteiger partial charge is 0.121 e. The molecular weight excluding hydrogens is 228 g/mol. The van der Waals surface area contributed by atoms with Crippen LogP contribution in [0.1, 0.15) is 37.3 Å². The SMILES string of the molecule is COc1ccc(C(O)c2cncn2C(C)C)cc1. The van der Waals surface area contributed by atoms with E-state index in [1.807, 2.05) is 28.8 Å². The van der Waals surface area contributed by atoms with Crippen LogP contribution in [0, 0.1) is 0 Å². The largest absolute Gasteiger partial charge is 0.497 e. The molecule has 96 valence electrons. The van der Waals surface area contributed by atoms with Crippen LogP contribution < -0.4 is 4.74 Å². The Hall–Kier alpha value is -1.81. The molecule has 4 heteroatoms. The van der Waals surface area contributed by atoms with Crippen LogP contribution >= 0.6 is 0 Å². The Labute approximate surface area is 107 Å². The molecule has 0 aliphatic carbocycles. The monoisotopic (exact) mass is 246 g/mol. The minimum absolute atomic E-state index is 0.274. The van der Waals surface area contributed by atoms with Crippen LogP contribution in [0.3, 0.4) is 0 Å². The van der Waals surface area contributed by atoms with Crippen LogP contribution in [0.4, 0.5) is 0 Å². The van der Waals surface area contributed by atoms with Gasteiger partial charge in [-0.25, -0.2) is 4.98 Å². The van der Waals surface area contributed by atoms with E-state index in [1.54, 1.807) is 19.6 Å². The fourth-order valence-electron chi connectivity index (χ4n) is 1.92. The van der Waals surface area contributed by atoms with Crippen molar-refractivity contribution in [2.45, 2.75) is 26.0 Å². The van der Waals surface area contributed by atoms with Gasteiger partial charge in [-0.15, -0.1) is 0 Å². The van der Waals surface area contributed by atoms with Gasteiger partial charge in [-0.3, -0.25) is 0 Å². The molecule has 4 nitrogen and oxygen atoms in total. The van der Waals surface area contributed by atoms with E-state index in [4.69, 9.17) is 4.74 Å². The Kier molecular flexibility index (Phi) is 3.67. The third kappa shape index (κ3) is 2.38. The van der Waals surface area contributed by atoms with Gasteiger partial charge in [0.1, 0.15) is 11.9 Å². The molecule has 0 saturated carbocycles. The number of hydrogen-bond acceptors (Lipinski definition) is 3. The lowest BCUT2D eigenvalue weighted by atomic mass is 10.1. The van der Waals surface area contributed by atoms with Crippen molar-refractivity contribution in [3.63, 3.8) is 0 Å². The molecule has 1 unspecified atom stereocenters. The van der Waals surface area contributed by atoms with Gasteiger partial charge in [-0.2, -0.15) is 0 Å². The van der Waals surface area contributed by atoms with Crippen LogP contribution in [-0.2, 0) is 0 Å². The topological polar surface area (TPSA) is 47.3 Å². The average Bonchev–Trinajstić information content (AvgIpc) is 2.87. The minimum atomic E-state index is -0.666. The van der Waals surface area contributed by atoms with Gasteiger partial charge in [0.25, 0.3) is 0 Å². The number of hydrogen-bond donors (Lipinski definition) is 1. The van der Waals surface area contributed by atoms with E-state index in [9.17, 15) is 5.11 Å². The fourth-order valence-corrected chi connectivity index (χ4v) is 1.92. The van der Waals surface area contributed by atoms with Crippen LogP contribution in [0.2, 0.25) is 0 Å². The highest BCUT2D eigenvalue weighted by Gasteiger charge is 2.16. The van der Waals surface area contributed by atoms with E-state index >= 15 is 0 Å². The molecule has 0 radical (unpaired) electrons. The molecule has 1 aromatic heterocycles. The molecule has 0 fully saturated rings. The molecule has 1 N–H and O–H groups in total. The van der Waals surface area contributed by atoms with E-state index in [-0.39, 0.29) is 6.04 Å². The van der Waals surface area contributed by atoms with Gasteiger partial charge in [0.15, 0.2) is 0 Å². The quantitative estimate of drug-likeness (QED) is 0.901. The molecule has 2 rings (SSSR count). The summed E-state index contributed by atoms with van der Waals surface area (Å²) in [4.78, 5) is 4.10. The summed E-state index contributed by atoms with van der Waals surface area (Å²) >= 11 is 0. The highest BCUT2D eigenvalue weighted by molar-refractivity contribution is 5.31. The summed E-state index contributed by atoms with van der Waals surface area (Å²) in [5.74, 6) is 0.781. The lowest BCUT2D eigenvalue weighted by Crippen LogP contribution is -2.09. The number of aliphatic hydroxyl groups excluding tert-OH is 1. The normalized spacial score (nSPS) is 12.7. The maximum absolute atomic E-state index is 10.4. The number of imidazole rings is 1. The number of benzene rings is 1. The maximum Gasteiger partial charge on any atom is 0.121 e. The highest BCUT2D eigenvalue weighted by Crippen LogP contribution is 2.25. The molecule has 1 atom stereocenters. The Bertz CT molecular complexity index is 503. The predicted molar refractivity (Wildman–Crippen MR) is 69.7 cm³/mol. The second-order valence-electron chi connectivity index (χ2n) is 4.50. The summed E-state index contributed by atoms with van der Waals surface area (Å²) < 4.78 is 7.07. The van der Waals surface area contributed by atoms with Gasteiger partial charge in [0.05, 0.1) is 25.3 Å². The number of aromatic nitrogens is 2. The lowest BCUT2D eigenvalue weighted by molar-refractivity contribution is 0.208. The van der Waals surface area contributed by atoms with Crippen molar-refractivity contribution < 1.29 is 9.84 Å². The molecule has 0 aliphatic rings. The lowest BCUT2D eigenvalue weighted by Gasteiger charge is -2.17. The van der Waals surface area contributed by atoms with Gasteiger partial charge in [-0.1, -0.05) is 12.1 Å². The van der Waals surface area contributed by atoms with Crippen molar-refractivity contribution in [3.05, 3.63) is 48.0 Å². The molecule has 0 amide bonds. The predicted octanol–water partition coefficient (Wildman–Crippen LogP) is 2.55. The molecule has 0 bridgehead atoms. The van der Waals surface area contributed by atoms with Gasteiger partial charge >= 0.3 is 0 Å². The Morgan fingerprint density at radius 2 is 1.89 bits per heavy atom. The van der Waals surface area contributed by atoms with E-state index < -0.39 is 6.10 Å². The first-order chi connectivity index (χ1) is 8.63. The highest BCUT2D eigenvalue weighted by atomic mass is 16.5. The fraction of sp³-hybridized carbons (Fsp3) is 0.357. The van der Waals surface area contributed by atoms with E-state index in [0.717, 1.165) is 17.0 Å². The molecular formula is C14H18N2O2. The zero-order valence-corrected chi connectivity index (χ0v) is 10.9. The van der Waals surface area contributed by atoms with Crippen LogP contribution in [0.5, 0.6) is 5.75 Å². The molecule has 2 aromatic rings. The van der Waals surface area contributed by atoms with Crippen LogP contribution in [0.25, 0.3) is 0 Å². The first-order valence-corrected chi connectivity index (χ1v) is 5.97. The molecule has 0 aliphatic heterocycles. The minimum Gasteiger partial charge on any atom is -0.497 e. The number of aliphatic hydroxyl groups is 1. The Balaban J connectivity index is 2.29. The average molecular weight is 246 g/mol. The second-order valence-corrected chi connectivity index (χ2v) is 4.50. The summed E-state index contributed by atoms with van der Waals surface area (Å²) in [6, 6.07) is 7.68. The van der Waals surface area contributed by atoms with Gasteiger partial charge < -0.3 is 14.4 Å². The van der Waals surface area contributed by atoms with Crippen LogP contribution in [-0.4, -0.2) is 21.8 Å². The molecule has 0 spiro atoms. The van der Waals surface area contributed by atoms with E-state index in [0.29, 0.717) is 0 Å². The number of nitrogens with zero attached hydrogens (tertiary/aromatic N) is 2. The van der Waals surface area contributed by atoms with Gasteiger partial charge in [-0.05, 0) is 31.5 Å². The summed E-state index contributed by atoms with van der Waals surface area (Å²) in [5.41, 5.74) is 1.63. The van der Waals surface area contributed by atoms with Crippen molar-refractivity contribution in [2.75, 3.05) is 7.11 Å². The first kappa shape index (κ1) is 12.6. The summed E-state index contributed by atoms with van der Waals surface area (Å²) in [5, 5.41) is 10.4. The second kappa shape index (κ2) is 5.23. The zero-order chi connectivity index (χ0) is 13.1. The van der Waals surface area contributed by atoms with Gasteiger partial charge in [0.2, 0.25) is 0 Å². The third-order valence-corrected chi connectivity index (χ3v) is 2.96.